The van der Waals surface area contributed by atoms with Crippen LogP contribution in [0.25, 0.3) is 32.7 Å². The molecule has 12 rings (SSSR count). The van der Waals surface area contributed by atoms with Gasteiger partial charge in [0.1, 0.15) is 18.1 Å². The van der Waals surface area contributed by atoms with Gasteiger partial charge in [0.05, 0.1) is 10.8 Å². The van der Waals surface area contributed by atoms with Crippen LogP contribution in [0.4, 0.5) is 11.4 Å². The highest BCUT2D eigenvalue weighted by atomic mass is 16.5. The molecule has 9 aromatic carbocycles. The maximum atomic E-state index is 7.55. The molecule has 9 aromatic rings. The quantitative estimate of drug-likeness (QED) is 0.0513. The van der Waals surface area contributed by atoms with E-state index >= 15 is 0 Å². The summed E-state index contributed by atoms with van der Waals surface area (Å²) in [5, 5.41) is 5.22. The molecule has 0 saturated carbocycles. The highest BCUT2D eigenvalue weighted by Gasteiger charge is 2.46. The lowest BCUT2D eigenvalue weighted by Gasteiger charge is -2.37. The molecule has 0 aromatic heterocycles. The van der Waals surface area contributed by atoms with Gasteiger partial charge in [0, 0.05) is 58.6 Å². The van der Waals surface area contributed by atoms with E-state index in [4.69, 9.17) is 4.74 Å². The fourth-order valence-electron chi connectivity index (χ4n) is 13.7. The van der Waals surface area contributed by atoms with E-state index < -0.39 is 5.41 Å². The zero-order valence-corrected chi connectivity index (χ0v) is 47.0. The van der Waals surface area contributed by atoms with Crippen molar-refractivity contribution in [3.63, 3.8) is 0 Å². The second kappa shape index (κ2) is 21.5. The second-order valence-corrected chi connectivity index (χ2v) is 22.9. The highest BCUT2D eigenvalue weighted by molar-refractivity contribution is 6.10. The summed E-state index contributed by atoms with van der Waals surface area (Å²) in [7, 11) is 0. The Morgan fingerprint density at radius 1 is 0.481 bits per heavy atom. The van der Waals surface area contributed by atoms with E-state index in [0.717, 1.165) is 48.6 Å². The Labute approximate surface area is 469 Å². The van der Waals surface area contributed by atoms with E-state index in [1.165, 1.54) is 115 Å². The topological polar surface area (TPSA) is 15.5 Å². The van der Waals surface area contributed by atoms with Gasteiger partial charge < -0.3 is 9.64 Å². The van der Waals surface area contributed by atoms with Crippen molar-refractivity contribution >= 4 is 49.8 Å². The molecule has 0 saturated heterocycles. The van der Waals surface area contributed by atoms with Crippen molar-refractivity contribution in [1.29, 1.82) is 0 Å². The molecule has 0 amide bonds. The number of anilines is 1. The molecule has 2 heterocycles. The van der Waals surface area contributed by atoms with Crippen LogP contribution < -0.4 is 9.64 Å². The number of ether oxygens (including phenoxy) is 1. The Bertz CT molecular complexity index is 3770. The molecule has 0 unspecified atom stereocenters. The SMILES string of the molecule is CCCCCN1/C(=C/C=C2C(Oc3ccc(C(c4ccccc4)(c4ccccc4)c4ccccc4)cc3)=C(/C=C/C3=[N+](CCCCC)c4ccc5ccccc5c4C3(C)C)c3ccccc3/2)C(C)(C)c2c1ccc1ccccc21. The first kappa shape index (κ1) is 51.5. The lowest BCUT2D eigenvalue weighted by molar-refractivity contribution is -0.438. The average molecular weight is 1030 g/mol. The molecule has 79 heavy (non-hydrogen) atoms. The molecule has 0 bridgehead atoms. The van der Waals surface area contributed by atoms with E-state index in [-0.39, 0.29) is 10.8 Å². The lowest BCUT2D eigenvalue weighted by Crippen LogP contribution is -2.30. The van der Waals surface area contributed by atoms with Crippen LogP contribution in [0.1, 0.15) is 125 Å². The molecular formula is C76H73N2O+. The zero-order chi connectivity index (χ0) is 54.1. The summed E-state index contributed by atoms with van der Waals surface area (Å²) in [6.07, 6.45) is 16.6. The molecule has 0 radical (unpaired) electrons. The number of hydrogen-bond donors (Lipinski definition) is 0. The number of nitrogens with zero attached hydrogens (tertiary/aromatic N) is 2. The van der Waals surface area contributed by atoms with Crippen LogP contribution in [-0.2, 0) is 16.2 Å². The zero-order valence-electron chi connectivity index (χ0n) is 47.0. The lowest BCUT2D eigenvalue weighted by atomic mass is 9.65. The number of allylic oxidation sites excluding steroid dienone is 7. The standard InChI is InChI=1S/C76H73N2O/c1-7-9-26-52-77-67-48-40-54-28-20-22-36-61(54)71(67)74(3,4)69(77)50-46-65-63-38-24-25-39-64(63)66(47-51-70-75(5,6)72-62-37-23-21-29-55(62)41-49-68(72)78(70)53-27-10-8-2)73(65)79-60-44-42-59(43-45-60)76(56-30-14-11-15-31-56,57-32-16-12-17-33-57)58-34-18-13-19-35-58/h11-25,28-51H,7-10,26-27,52-53H2,1-6H3/q+1. The molecule has 0 N–H and O–H groups in total. The van der Waals surface area contributed by atoms with Crippen LogP contribution in [0, 0.1) is 0 Å². The number of benzene rings is 9. The van der Waals surface area contributed by atoms with Crippen LogP contribution in [0.15, 0.2) is 248 Å². The smallest absolute Gasteiger partial charge is 0.210 e. The Hall–Kier alpha value is -8.27. The average Bonchev–Trinajstić information content (AvgIpc) is 4.21. The summed E-state index contributed by atoms with van der Waals surface area (Å²) in [6, 6.07) is 77.9. The van der Waals surface area contributed by atoms with E-state index in [2.05, 4.69) is 288 Å². The summed E-state index contributed by atoms with van der Waals surface area (Å²) >= 11 is 0. The van der Waals surface area contributed by atoms with E-state index in [9.17, 15) is 0 Å². The van der Waals surface area contributed by atoms with Gasteiger partial charge in [-0.15, -0.1) is 0 Å². The van der Waals surface area contributed by atoms with Crippen molar-refractivity contribution in [2.45, 2.75) is 96.3 Å². The van der Waals surface area contributed by atoms with Gasteiger partial charge in [-0.05, 0) is 130 Å². The maximum Gasteiger partial charge on any atom is 0.210 e. The van der Waals surface area contributed by atoms with Crippen molar-refractivity contribution in [1.82, 2.24) is 0 Å². The van der Waals surface area contributed by atoms with Crippen LogP contribution >= 0.6 is 0 Å². The minimum absolute atomic E-state index is 0.255. The van der Waals surface area contributed by atoms with Crippen LogP contribution in [-0.4, -0.2) is 23.4 Å². The fraction of sp³-hybridized carbons (Fsp3) is 0.224. The Morgan fingerprint density at radius 2 is 1.01 bits per heavy atom. The molecule has 3 heteroatoms. The molecule has 0 fully saturated rings. The number of fused-ring (bicyclic) bond motifs is 7. The second-order valence-electron chi connectivity index (χ2n) is 22.9. The maximum absolute atomic E-state index is 7.55. The minimum atomic E-state index is -0.576. The molecule has 3 nitrogen and oxygen atoms in total. The van der Waals surface area contributed by atoms with Crippen molar-refractivity contribution in [3.05, 3.63) is 293 Å². The van der Waals surface area contributed by atoms with Gasteiger partial charge in [0.25, 0.3) is 0 Å². The van der Waals surface area contributed by atoms with Gasteiger partial charge in [-0.25, -0.2) is 0 Å². The van der Waals surface area contributed by atoms with Crippen LogP contribution in [0.5, 0.6) is 5.75 Å². The van der Waals surface area contributed by atoms with Crippen molar-refractivity contribution < 1.29 is 9.31 Å². The fourth-order valence-corrected chi connectivity index (χ4v) is 13.7. The third-order valence-electron chi connectivity index (χ3n) is 17.4. The van der Waals surface area contributed by atoms with Gasteiger partial charge in [0.15, 0.2) is 5.71 Å². The summed E-state index contributed by atoms with van der Waals surface area (Å²) < 4.78 is 10.2. The molecule has 1 aliphatic carbocycles. The normalized spacial score (nSPS) is 16.5. The van der Waals surface area contributed by atoms with Gasteiger partial charge >= 0.3 is 0 Å². The van der Waals surface area contributed by atoms with Crippen LogP contribution in [0.3, 0.4) is 0 Å². The summed E-state index contributed by atoms with van der Waals surface area (Å²) in [6.45, 7) is 16.2. The number of rotatable bonds is 17. The minimum Gasteiger partial charge on any atom is -0.456 e. The third-order valence-corrected chi connectivity index (χ3v) is 17.4. The number of hydrogen-bond acceptors (Lipinski definition) is 2. The molecule has 2 aliphatic heterocycles. The predicted octanol–water partition coefficient (Wildman–Crippen LogP) is 19.3. The van der Waals surface area contributed by atoms with Crippen molar-refractivity contribution in [3.8, 4) is 5.75 Å². The Kier molecular flexibility index (Phi) is 14.0. The van der Waals surface area contributed by atoms with Crippen LogP contribution in [0.2, 0.25) is 0 Å². The van der Waals surface area contributed by atoms with Gasteiger partial charge in [-0.3, -0.25) is 0 Å². The first-order valence-electron chi connectivity index (χ1n) is 29.0. The molecule has 392 valence electrons. The monoisotopic (exact) mass is 1030 g/mol. The van der Waals surface area contributed by atoms with Crippen molar-refractivity contribution in [2.24, 2.45) is 0 Å². The summed E-state index contributed by atoms with van der Waals surface area (Å²) in [5.74, 6) is 1.64. The molecular weight excluding hydrogens is 957 g/mol. The first-order chi connectivity index (χ1) is 38.7. The Morgan fingerprint density at radius 3 is 1.63 bits per heavy atom. The first-order valence-corrected chi connectivity index (χ1v) is 29.0. The van der Waals surface area contributed by atoms with Gasteiger partial charge in [-0.1, -0.05) is 229 Å². The molecule has 3 aliphatic rings. The van der Waals surface area contributed by atoms with E-state index in [0.29, 0.717) is 0 Å². The Balaban J connectivity index is 1.04. The summed E-state index contributed by atoms with van der Waals surface area (Å²) in [5.41, 5.74) is 16.3. The summed E-state index contributed by atoms with van der Waals surface area (Å²) in [4.78, 5) is 2.62. The predicted molar refractivity (Wildman–Crippen MR) is 334 cm³/mol. The van der Waals surface area contributed by atoms with E-state index in [1.807, 2.05) is 0 Å². The van der Waals surface area contributed by atoms with Gasteiger partial charge in [0.2, 0.25) is 5.69 Å². The number of unbranched alkanes of at least 4 members (excludes halogenated alkanes) is 4. The van der Waals surface area contributed by atoms with E-state index in [1.54, 1.807) is 0 Å². The third kappa shape index (κ3) is 8.98. The molecule has 0 atom stereocenters. The molecule has 0 spiro atoms. The largest absolute Gasteiger partial charge is 0.456 e. The van der Waals surface area contributed by atoms with Crippen molar-refractivity contribution in [2.75, 3.05) is 18.0 Å². The van der Waals surface area contributed by atoms with Gasteiger partial charge in [-0.2, -0.15) is 4.58 Å². The highest BCUT2D eigenvalue weighted by Crippen LogP contribution is 2.53.